The van der Waals surface area contributed by atoms with Gasteiger partial charge in [-0.05, 0) is 31.4 Å². The van der Waals surface area contributed by atoms with Gasteiger partial charge in [-0.25, -0.2) is 13.1 Å². The summed E-state index contributed by atoms with van der Waals surface area (Å²) in [6, 6.07) is 5.85. The molecule has 110 valence electrons. The molecule has 0 aliphatic heterocycles. The quantitative estimate of drug-likeness (QED) is 0.824. The van der Waals surface area contributed by atoms with E-state index in [0.717, 1.165) is 0 Å². The molecule has 0 aliphatic carbocycles. The van der Waals surface area contributed by atoms with Crippen LogP contribution in [0.5, 0.6) is 0 Å². The van der Waals surface area contributed by atoms with Crippen LogP contribution in [0.25, 0.3) is 0 Å². The van der Waals surface area contributed by atoms with Crippen LogP contribution in [0.4, 0.5) is 0 Å². The standard InChI is InChI=1S/C12H15ClN2O3S2/c1-12(16,8-19-2)7-15-20(17,18)11-5-9(6-14)3-4-10(11)13/h3-5,15-16H,7-8H2,1-2H3. The third kappa shape index (κ3) is 4.65. The lowest BCUT2D eigenvalue weighted by Gasteiger charge is -2.22. The minimum atomic E-state index is -3.88. The van der Waals surface area contributed by atoms with Crippen LogP contribution in [0.15, 0.2) is 23.1 Å². The van der Waals surface area contributed by atoms with Crippen molar-refractivity contribution in [2.75, 3.05) is 18.6 Å². The van der Waals surface area contributed by atoms with Crippen molar-refractivity contribution in [3.8, 4) is 6.07 Å². The monoisotopic (exact) mass is 334 g/mol. The average Bonchev–Trinajstić information content (AvgIpc) is 2.37. The Kier molecular flexibility index (Phi) is 5.86. The molecular formula is C12H15ClN2O3S2. The number of benzene rings is 1. The maximum Gasteiger partial charge on any atom is 0.242 e. The van der Waals surface area contributed by atoms with Gasteiger partial charge in [0, 0.05) is 12.3 Å². The molecule has 0 spiro atoms. The molecule has 0 saturated heterocycles. The van der Waals surface area contributed by atoms with Crippen molar-refractivity contribution >= 4 is 33.4 Å². The van der Waals surface area contributed by atoms with Gasteiger partial charge in [0.2, 0.25) is 10.0 Å². The van der Waals surface area contributed by atoms with Gasteiger partial charge in [-0.3, -0.25) is 0 Å². The maximum absolute atomic E-state index is 12.1. The van der Waals surface area contributed by atoms with Crippen LogP contribution in [-0.4, -0.2) is 37.7 Å². The van der Waals surface area contributed by atoms with Gasteiger partial charge in [0.1, 0.15) is 4.90 Å². The summed E-state index contributed by atoms with van der Waals surface area (Å²) in [5.41, 5.74) is -0.961. The van der Waals surface area contributed by atoms with E-state index in [1.54, 1.807) is 6.92 Å². The molecular weight excluding hydrogens is 320 g/mol. The van der Waals surface area contributed by atoms with Crippen LogP contribution in [0, 0.1) is 11.3 Å². The summed E-state index contributed by atoms with van der Waals surface area (Å²) < 4.78 is 26.6. The number of aliphatic hydroxyl groups is 1. The summed E-state index contributed by atoms with van der Waals surface area (Å²) >= 11 is 7.26. The first kappa shape index (κ1) is 17.3. The minimum Gasteiger partial charge on any atom is -0.388 e. The van der Waals surface area contributed by atoms with E-state index in [9.17, 15) is 13.5 Å². The number of rotatable bonds is 6. The Bertz CT molecular complexity index is 624. The number of hydrogen-bond acceptors (Lipinski definition) is 5. The third-order valence-corrected chi connectivity index (χ3v) is 5.24. The van der Waals surface area contributed by atoms with E-state index >= 15 is 0 Å². The predicted octanol–water partition coefficient (Wildman–Crippen LogP) is 1.60. The molecule has 20 heavy (non-hydrogen) atoms. The molecule has 8 heteroatoms. The van der Waals surface area contributed by atoms with Crippen molar-refractivity contribution in [1.29, 1.82) is 5.26 Å². The Morgan fingerprint density at radius 2 is 2.20 bits per heavy atom. The summed E-state index contributed by atoms with van der Waals surface area (Å²) in [4.78, 5) is -0.168. The van der Waals surface area contributed by atoms with Gasteiger partial charge in [-0.15, -0.1) is 0 Å². The summed E-state index contributed by atoms with van der Waals surface area (Å²) in [7, 11) is -3.88. The fourth-order valence-electron chi connectivity index (χ4n) is 1.47. The van der Waals surface area contributed by atoms with E-state index in [1.807, 2.05) is 12.3 Å². The van der Waals surface area contributed by atoms with Crippen molar-refractivity contribution in [3.63, 3.8) is 0 Å². The summed E-state index contributed by atoms with van der Waals surface area (Å²) in [5, 5.41) is 18.8. The number of halogens is 1. The molecule has 2 N–H and O–H groups in total. The fraction of sp³-hybridized carbons (Fsp3) is 0.417. The largest absolute Gasteiger partial charge is 0.388 e. The number of nitriles is 1. The van der Waals surface area contributed by atoms with E-state index in [2.05, 4.69) is 4.72 Å². The first-order valence-electron chi connectivity index (χ1n) is 5.62. The third-order valence-electron chi connectivity index (χ3n) is 2.45. The van der Waals surface area contributed by atoms with Gasteiger partial charge in [-0.2, -0.15) is 17.0 Å². The molecule has 0 radical (unpaired) electrons. The smallest absolute Gasteiger partial charge is 0.242 e. The maximum atomic E-state index is 12.1. The lowest BCUT2D eigenvalue weighted by atomic mass is 10.1. The highest BCUT2D eigenvalue weighted by Gasteiger charge is 2.25. The van der Waals surface area contributed by atoms with E-state index in [1.165, 1.54) is 30.0 Å². The molecule has 1 rings (SSSR count). The Morgan fingerprint density at radius 3 is 2.75 bits per heavy atom. The second-order valence-electron chi connectivity index (χ2n) is 4.51. The van der Waals surface area contributed by atoms with Crippen molar-refractivity contribution in [1.82, 2.24) is 4.72 Å². The molecule has 0 heterocycles. The number of nitrogens with zero attached hydrogens (tertiary/aromatic N) is 1. The van der Waals surface area contributed by atoms with Crippen LogP contribution in [-0.2, 0) is 10.0 Å². The van der Waals surface area contributed by atoms with Gasteiger partial charge >= 0.3 is 0 Å². The second kappa shape index (κ2) is 6.78. The van der Waals surface area contributed by atoms with E-state index in [4.69, 9.17) is 16.9 Å². The first-order chi connectivity index (χ1) is 9.22. The van der Waals surface area contributed by atoms with Gasteiger partial charge in [0.15, 0.2) is 0 Å². The topological polar surface area (TPSA) is 90.2 Å². The Hall–Kier alpha value is -0.780. The molecule has 0 bridgehead atoms. The van der Waals surface area contributed by atoms with Gasteiger partial charge < -0.3 is 5.11 Å². The molecule has 1 aromatic rings. The van der Waals surface area contributed by atoms with Crippen LogP contribution < -0.4 is 4.72 Å². The lowest BCUT2D eigenvalue weighted by Crippen LogP contribution is -2.42. The van der Waals surface area contributed by atoms with Crippen molar-refractivity contribution in [3.05, 3.63) is 28.8 Å². The predicted molar refractivity (Wildman–Crippen MR) is 80.4 cm³/mol. The van der Waals surface area contributed by atoms with E-state index in [0.29, 0.717) is 5.75 Å². The van der Waals surface area contributed by atoms with E-state index in [-0.39, 0.29) is 22.0 Å². The number of hydrogen-bond donors (Lipinski definition) is 2. The fourth-order valence-corrected chi connectivity index (χ4v) is 3.88. The molecule has 1 aromatic carbocycles. The Balaban J connectivity index is 2.98. The highest BCUT2D eigenvalue weighted by atomic mass is 35.5. The van der Waals surface area contributed by atoms with Crippen LogP contribution in [0.1, 0.15) is 12.5 Å². The molecule has 1 unspecified atom stereocenters. The van der Waals surface area contributed by atoms with Gasteiger partial charge in [-0.1, -0.05) is 11.6 Å². The van der Waals surface area contributed by atoms with Gasteiger partial charge in [0.05, 0.1) is 22.3 Å². The lowest BCUT2D eigenvalue weighted by molar-refractivity contribution is 0.0908. The Labute approximate surface area is 128 Å². The zero-order valence-electron chi connectivity index (χ0n) is 11.1. The number of sulfonamides is 1. The van der Waals surface area contributed by atoms with E-state index < -0.39 is 15.6 Å². The summed E-state index contributed by atoms with van der Waals surface area (Å²) in [6.45, 7) is 1.41. The minimum absolute atomic E-state index is 0.0287. The molecule has 0 saturated carbocycles. The summed E-state index contributed by atoms with van der Waals surface area (Å²) in [5.74, 6) is 0.390. The zero-order chi connectivity index (χ0) is 15.4. The highest BCUT2D eigenvalue weighted by molar-refractivity contribution is 7.98. The average molecular weight is 335 g/mol. The Morgan fingerprint density at radius 1 is 1.55 bits per heavy atom. The number of thioether (sulfide) groups is 1. The summed E-state index contributed by atoms with van der Waals surface area (Å²) in [6.07, 6.45) is 1.82. The highest BCUT2D eigenvalue weighted by Crippen LogP contribution is 2.22. The molecule has 0 fully saturated rings. The van der Waals surface area contributed by atoms with Crippen LogP contribution >= 0.6 is 23.4 Å². The van der Waals surface area contributed by atoms with Crippen molar-refractivity contribution < 1.29 is 13.5 Å². The van der Waals surface area contributed by atoms with Crippen molar-refractivity contribution in [2.45, 2.75) is 17.4 Å². The molecule has 5 nitrogen and oxygen atoms in total. The number of nitrogens with one attached hydrogen (secondary N) is 1. The van der Waals surface area contributed by atoms with Gasteiger partial charge in [0.25, 0.3) is 0 Å². The van der Waals surface area contributed by atoms with Crippen LogP contribution in [0.2, 0.25) is 5.02 Å². The SMILES string of the molecule is CSCC(C)(O)CNS(=O)(=O)c1cc(C#N)ccc1Cl. The second-order valence-corrected chi connectivity index (χ2v) is 7.52. The molecule has 1 atom stereocenters. The molecule has 0 aromatic heterocycles. The van der Waals surface area contributed by atoms with Crippen molar-refractivity contribution in [2.24, 2.45) is 0 Å². The zero-order valence-corrected chi connectivity index (χ0v) is 13.4. The first-order valence-corrected chi connectivity index (χ1v) is 8.88. The molecule has 0 amide bonds. The molecule has 0 aliphatic rings. The normalized spacial score (nSPS) is 14.6. The van der Waals surface area contributed by atoms with Crippen LogP contribution in [0.3, 0.4) is 0 Å².